The zero-order valence-electron chi connectivity index (χ0n) is 14.5. The smallest absolute Gasteiger partial charge is 0.237 e. The maximum Gasteiger partial charge on any atom is 0.237 e. The molecule has 5 heteroatoms. The Hall–Kier alpha value is -1.88. The molecule has 3 atom stereocenters. The van der Waals surface area contributed by atoms with Gasteiger partial charge in [-0.25, -0.2) is 0 Å². The monoisotopic (exact) mass is 317 g/mol. The minimum absolute atomic E-state index is 0.0310. The van der Waals surface area contributed by atoms with Crippen molar-refractivity contribution in [2.75, 3.05) is 27.7 Å². The highest BCUT2D eigenvalue weighted by molar-refractivity contribution is 5.82. The van der Waals surface area contributed by atoms with Crippen molar-refractivity contribution >= 4 is 11.8 Å². The lowest BCUT2D eigenvalue weighted by molar-refractivity contribution is -0.128. The summed E-state index contributed by atoms with van der Waals surface area (Å²) in [4.78, 5) is 28.2. The molecule has 1 aromatic rings. The van der Waals surface area contributed by atoms with E-state index in [1.54, 1.807) is 4.90 Å². The van der Waals surface area contributed by atoms with Gasteiger partial charge >= 0.3 is 0 Å². The number of amides is 2. The summed E-state index contributed by atoms with van der Waals surface area (Å²) >= 11 is 0. The third-order valence-electron chi connectivity index (χ3n) is 4.69. The molecule has 0 unspecified atom stereocenters. The summed E-state index contributed by atoms with van der Waals surface area (Å²) < 4.78 is 0. The molecule has 0 spiro atoms. The molecule has 0 radical (unpaired) electrons. The minimum atomic E-state index is -0.125. The quantitative estimate of drug-likeness (QED) is 0.868. The Morgan fingerprint density at radius 3 is 2.57 bits per heavy atom. The van der Waals surface area contributed by atoms with Crippen molar-refractivity contribution in [1.29, 1.82) is 0 Å². The molecular weight excluding hydrogens is 290 g/mol. The van der Waals surface area contributed by atoms with E-state index in [0.717, 1.165) is 12.0 Å². The number of benzene rings is 1. The summed E-state index contributed by atoms with van der Waals surface area (Å²) in [5, 5.41) is 3.04. The number of hydrogen-bond donors (Lipinski definition) is 1. The van der Waals surface area contributed by atoms with Crippen LogP contribution < -0.4 is 5.32 Å². The van der Waals surface area contributed by atoms with Crippen LogP contribution in [0, 0.1) is 5.92 Å². The maximum atomic E-state index is 12.3. The van der Waals surface area contributed by atoms with Crippen molar-refractivity contribution < 1.29 is 9.59 Å². The number of nitrogens with zero attached hydrogens (tertiary/aromatic N) is 2. The van der Waals surface area contributed by atoms with Gasteiger partial charge in [-0.3, -0.25) is 14.5 Å². The SMILES string of the molecule is CC[C@H](C(=O)NC[C@@H]1CC(=O)N(C)[C@H]1c1ccccc1)N(C)C. The molecular formula is C18H27N3O2. The van der Waals surface area contributed by atoms with Crippen molar-refractivity contribution in [3.63, 3.8) is 0 Å². The lowest BCUT2D eigenvalue weighted by Crippen LogP contribution is -2.45. The van der Waals surface area contributed by atoms with Gasteiger partial charge in [0, 0.05) is 25.9 Å². The summed E-state index contributed by atoms with van der Waals surface area (Å²) in [6.45, 7) is 2.53. The fourth-order valence-electron chi connectivity index (χ4n) is 3.42. The van der Waals surface area contributed by atoms with Gasteiger partial charge in [0.05, 0.1) is 12.1 Å². The maximum absolute atomic E-state index is 12.3. The van der Waals surface area contributed by atoms with Crippen molar-refractivity contribution in [3.05, 3.63) is 35.9 Å². The molecule has 0 aliphatic carbocycles. The molecule has 1 saturated heterocycles. The van der Waals surface area contributed by atoms with E-state index in [9.17, 15) is 9.59 Å². The van der Waals surface area contributed by atoms with Gasteiger partial charge < -0.3 is 10.2 Å². The third kappa shape index (κ3) is 3.91. The number of likely N-dealkylation sites (N-methyl/N-ethyl adjacent to an activating group) is 1. The van der Waals surface area contributed by atoms with Crippen molar-refractivity contribution in [1.82, 2.24) is 15.1 Å². The minimum Gasteiger partial charge on any atom is -0.354 e. The Morgan fingerprint density at radius 1 is 1.35 bits per heavy atom. The Labute approximate surface area is 138 Å². The van der Waals surface area contributed by atoms with Crippen LogP contribution in [0.4, 0.5) is 0 Å². The van der Waals surface area contributed by atoms with Gasteiger partial charge in [0.15, 0.2) is 0 Å². The average Bonchev–Trinajstić information content (AvgIpc) is 2.81. The van der Waals surface area contributed by atoms with Gasteiger partial charge in [0.1, 0.15) is 0 Å². The van der Waals surface area contributed by atoms with Crippen LogP contribution in [0.5, 0.6) is 0 Å². The average molecular weight is 317 g/mol. The van der Waals surface area contributed by atoms with E-state index < -0.39 is 0 Å². The highest BCUT2D eigenvalue weighted by atomic mass is 16.2. The number of likely N-dealkylation sites (tertiary alicyclic amines) is 1. The van der Waals surface area contributed by atoms with Gasteiger partial charge in [-0.15, -0.1) is 0 Å². The molecule has 5 nitrogen and oxygen atoms in total. The van der Waals surface area contributed by atoms with Crippen LogP contribution in [0.1, 0.15) is 31.4 Å². The molecule has 0 saturated carbocycles. The molecule has 1 N–H and O–H groups in total. The van der Waals surface area contributed by atoms with E-state index in [1.807, 2.05) is 63.3 Å². The second-order valence-corrected chi connectivity index (χ2v) is 6.46. The van der Waals surface area contributed by atoms with Crippen LogP contribution in [-0.4, -0.2) is 55.3 Å². The molecule has 1 heterocycles. The number of hydrogen-bond acceptors (Lipinski definition) is 3. The van der Waals surface area contributed by atoms with Gasteiger partial charge in [0.25, 0.3) is 0 Å². The zero-order valence-corrected chi connectivity index (χ0v) is 14.5. The summed E-state index contributed by atoms with van der Waals surface area (Å²) in [6, 6.07) is 9.94. The molecule has 0 aromatic heterocycles. The standard InChI is InChI=1S/C18H27N3O2/c1-5-15(20(2)3)18(23)19-12-14-11-16(22)21(4)17(14)13-9-7-6-8-10-13/h6-10,14-15,17H,5,11-12H2,1-4H3,(H,19,23)/t14-,15+,17-/m0/s1. The van der Waals surface area contributed by atoms with Crippen molar-refractivity contribution in [2.24, 2.45) is 5.92 Å². The Kier molecular flexibility index (Phi) is 5.77. The lowest BCUT2D eigenvalue weighted by Gasteiger charge is -2.27. The van der Waals surface area contributed by atoms with E-state index in [4.69, 9.17) is 0 Å². The second-order valence-electron chi connectivity index (χ2n) is 6.46. The molecule has 2 rings (SSSR count). The molecule has 126 valence electrons. The molecule has 0 bridgehead atoms. The molecule has 23 heavy (non-hydrogen) atoms. The topological polar surface area (TPSA) is 52.7 Å². The van der Waals surface area contributed by atoms with E-state index in [-0.39, 0.29) is 29.8 Å². The largest absolute Gasteiger partial charge is 0.354 e. The normalized spacial score (nSPS) is 22.5. The van der Waals surface area contributed by atoms with Crippen LogP contribution in [-0.2, 0) is 9.59 Å². The van der Waals surface area contributed by atoms with Gasteiger partial charge in [0.2, 0.25) is 11.8 Å². The number of rotatable bonds is 6. The predicted molar refractivity (Wildman–Crippen MR) is 90.8 cm³/mol. The second kappa shape index (κ2) is 7.59. The van der Waals surface area contributed by atoms with Gasteiger partial charge in [-0.2, -0.15) is 0 Å². The molecule has 1 aliphatic rings. The van der Waals surface area contributed by atoms with Crippen LogP contribution in [0.25, 0.3) is 0 Å². The van der Waals surface area contributed by atoms with Crippen LogP contribution in [0.3, 0.4) is 0 Å². The van der Waals surface area contributed by atoms with E-state index in [1.165, 1.54) is 0 Å². The number of carbonyl (C=O) groups is 2. The fourth-order valence-corrected chi connectivity index (χ4v) is 3.42. The first kappa shape index (κ1) is 17.5. The van der Waals surface area contributed by atoms with Crippen molar-refractivity contribution in [2.45, 2.75) is 31.8 Å². The summed E-state index contributed by atoms with van der Waals surface area (Å²) in [5.41, 5.74) is 1.12. The molecule has 2 amide bonds. The fraction of sp³-hybridized carbons (Fsp3) is 0.556. The van der Waals surface area contributed by atoms with Gasteiger partial charge in [-0.05, 0) is 26.1 Å². The van der Waals surface area contributed by atoms with E-state index >= 15 is 0 Å². The Bertz CT molecular complexity index is 544. The van der Waals surface area contributed by atoms with E-state index in [0.29, 0.717) is 13.0 Å². The first-order chi connectivity index (χ1) is 11.0. The van der Waals surface area contributed by atoms with Crippen LogP contribution >= 0.6 is 0 Å². The molecule has 1 aromatic carbocycles. The highest BCUT2D eigenvalue weighted by Gasteiger charge is 2.38. The molecule has 1 aliphatic heterocycles. The Balaban J connectivity index is 2.06. The Morgan fingerprint density at radius 2 is 2.00 bits per heavy atom. The number of nitrogens with one attached hydrogen (secondary N) is 1. The summed E-state index contributed by atoms with van der Waals surface area (Å²) in [7, 11) is 5.66. The van der Waals surface area contributed by atoms with Crippen LogP contribution in [0.2, 0.25) is 0 Å². The predicted octanol–water partition coefficient (Wildman–Crippen LogP) is 1.66. The number of carbonyl (C=O) groups excluding carboxylic acids is 2. The first-order valence-corrected chi connectivity index (χ1v) is 8.20. The van der Waals surface area contributed by atoms with Crippen LogP contribution in [0.15, 0.2) is 30.3 Å². The lowest BCUT2D eigenvalue weighted by atomic mass is 9.93. The van der Waals surface area contributed by atoms with Gasteiger partial charge in [-0.1, -0.05) is 37.3 Å². The molecule has 1 fully saturated rings. The highest BCUT2D eigenvalue weighted by Crippen LogP contribution is 2.36. The third-order valence-corrected chi connectivity index (χ3v) is 4.69. The summed E-state index contributed by atoms with van der Waals surface area (Å²) in [5.74, 6) is 0.280. The summed E-state index contributed by atoms with van der Waals surface area (Å²) in [6.07, 6.45) is 1.25. The zero-order chi connectivity index (χ0) is 17.0. The van der Waals surface area contributed by atoms with E-state index in [2.05, 4.69) is 5.32 Å². The first-order valence-electron chi connectivity index (χ1n) is 8.20. The van der Waals surface area contributed by atoms with Crippen molar-refractivity contribution in [3.8, 4) is 0 Å².